The Morgan fingerprint density at radius 1 is 1.58 bits per heavy atom. The summed E-state index contributed by atoms with van der Waals surface area (Å²) in [6.07, 6.45) is 0.729. The second-order valence-corrected chi connectivity index (χ2v) is 4.99. The standard InChI is InChI=1S/C11H13Cl2N3O3/c1-18-11(2-3-19-6-11)5-14-10(17)7-4-8(12)15-16-9(7)13/h4H,2-3,5-6H2,1H3,(H,14,17). The molecule has 1 aliphatic heterocycles. The van der Waals surface area contributed by atoms with Crippen LogP contribution in [0.5, 0.6) is 0 Å². The average Bonchev–Trinajstić information content (AvgIpc) is 2.88. The van der Waals surface area contributed by atoms with Crippen LogP contribution >= 0.6 is 23.2 Å². The topological polar surface area (TPSA) is 73.3 Å². The number of hydrogen-bond acceptors (Lipinski definition) is 5. The Kier molecular flexibility index (Phi) is 4.57. The van der Waals surface area contributed by atoms with Crippen LogP contribution in [0.1, 0.15) is 16.8 Å². The fourth-order valence-electron chi connectivity index (χ4n) is 1.81. The lowest BCUT2D eigenvalue weighted by molar-refractivity contribution is -0.0148. The normalized spacial score (nSPS) is 22.5. The number of ether oxygens (including phenoxy) is 2. The third-order valence-corrected chi connectivity index (χ3v) is 3.50. The van der Waals surface area contributed by atoms with E-state index in [-0.39, 0.29) is 21.8 Å². The predicted octanol–water partition coefficient (Wildman–Crippen LogP) is 1.32. The molecule has 19 heavy (non-hydrogen) atoms. The largest absolute Gasteiger partial charge is 0.378 e. The van der Waals surface area contributed by atoms with Gasteiger partial charge in [-0.1, -0.05) is 23.2 Å². The van der Waals surface area contributed by atoms with Crippen LogP contribution in [0.4, 0.5) is 0 Å². The van der Waals surface area contributed by atoms with Crippen molar-refractivity contribution in [3.63, 3.8) is 0 Å². The quantitative estimate of drug-likeness (QED) is 0.908. The highest BCUT2D eigenvalue weighted by Crippen LogP contribution is 2.22. The predicted molar refractivity (Wildman–Crippen MR) is 69.6 cm³/mol. The lowest BCUT2D eigenvalue weighted by Crippen LogP contribution is -2.45. The second kappa shape index (κ2) is 6.00. The van der Waals surface area contributed by atoms with Crippen LogP contribution in [0.3, 0.4) is 0 Å². The molecule has 0 aliphatic carbocycles. The molecule has 1 amide bonds. The van der Waals surface area contributed by atoms with Crippen LogP contribution in [0, 0.1) is 0 Å². The van der Waals surface area contributed by atoms with E-state index in [2.05, 4.69) is 15.5 Å². The van der Waals surface area contributed by atoms with Crippen molar-refractivity contribution < 1.29 is 14.3 Å². The summed E-state index contributed by atoms with van der Waals surface area (Å²) in [6.45, 7) is 1.40. The molecule has 0 spiro atoms. The highest BCUT2D eigenvalue weighted by atomic mass is 35.5. The van der Waals surface area contributed by atoms with Crippen molar-refractivity contribution in [1.82, 2.24) is 15.5 Å². The molecular weight excluding hydrogens is 293 g/mol. The summed E-state index contributed by atoms with van der Waals surface area (Å²) in [7, 11) is 1.60. The number of nitrogens with one attached hydrogen (secondary N) is 1. The zero-order valence-electron chi connectivity index (χ0n) is 10.3. The van der Waals surface area contributed by atoms with E-state index in [0.29, 0.717) is 19.8 Å². The van der Waals surface area contributed by atoms with Gasteiger partial charge in [-0.2, -0.15) is 0 Å². The fraction of sp³-hybridized carbons (Fsp3) is 0.545. The van der Waals surface area contributed by atoms with E-state index in [1.807, 2.05) is 0 Å². The van der Waals surface area contributed by atoms with Gasteiger partial charge in [-0.25, -0.2) is 0 Å². The molecule has 0 saturated carbocycles. The number of aromatic nitrogens is 2. The number of amides is 1. The van der Waals surface area contributed by atoms with E-state index in [9.17, 15) is 4.79 Å². The molecule has 1 atom stereocenters. The van der Waals surface area contributed by atoms with Gasteiger partial charge < -0.3 is 14.8 Å². The summed E-state index contributed by atoms with van der Waals surface area (Å²) in [5, 5.41) is 10.00. The third-order valence-electron chi connectivity index (χ3n) is 3.03. The summed E-state index contributed by atoms with van der Waals surface area (Å²) in [5.74, 6) is -0.370. The minimum atomic E-state index is -0.480. The van der Waals surface area contributed by atoms with Crippen molar-refractivity contribution in [2.45, 2.75) is 12.0 Å². The van der Waals surface area contributed by atoms with Crippen LogP contribution in [-0.2, 0) is 9.47 Å². The molecule has 1 aromatic heterocycles. The van der Waals surface area contributed by atoms with E-state index in [1.165, 1.54) is 6.07 Å². The Labute approximate surface area is 120 Å². The lowest BCUT2D eigenvalue weighted by atomic mass is 10.0. The summed E-state index contributed by atoms with van der Waals surface area (Å²) in [6, 6.07) is 1.37. The smallest absolute Gasteiger partial charge is 0.254 e. The monoisotopic (exact) mass is 305 g/mol. The van der Waals surface area contributed by atoms with Gasteiger partial charge in [-0.05, 0) is 6.07 Å². The van der Waals surface area contributed by atoms with E-state index in [0.717, 1.165) is 6.42 Å². The molecule has 1 unspecified atom stereocenters. The number of rotatable bonds is 4. The molecule has 8 heteroatoms. The molecule has 1 N–H and O–H groups in total. The summed E-state index contributed by atoms with van der Waals surface area (Å²) < 4.78 is 10.7. The molecule has 1 aromatic rings. The molecule has 2 rings (SSSR count). The third kappa shape index (κ3) is 3.33. The first-order valence-corrected chi connectivity index (χ1v) is 6.42. The van der Waals surface area contributed by atoms with E-state index < -0.39 is 5.60 Å². The number of nitrogens with zero attached hydrogens (tertiary/aromatic N) is 2. The van der Waals surface area contributed by atoms with E-state index in [4.69, 9.17) is 32.7 Å². The summed E-state index contributed by atoms with van der Waals surface area (Å²) in [4.78, 5) is 12.0. The Hall–Kier alpha value is -0.950. The maximum atomic E-state index is 12.0. The lowest BCUT2D eigenvalue weighted by Gasteiger charge is -2.25. The minimum absolute atomic E-state index is 0.0102. The van der Waals surface area contributed by atoms with Crippen LogP contribution in [-0.4, -0.2) is 48.6 Å². The Balaban J connectivity index is 2.03. The van der Waals surface area contributed by atoms with Crippen LogP contribution in [0.25, 0.3) is 0 Å². The highest BCUT2D eigenvalue weighted by molar-refractivity contribution is 6.34. The van der Waals surface area contributed by atoms with E-state index >= 15 is 0 Å². The van der Waals surface area contributed by atoms with Gasteiger partial charge in [0.25, 0.3) is 5.91 Å². The van der Waals surface area contributed by atoms with Crippen molar-refractivity contribution in [3.8, 4) is 0 Å². The summed E-state index contributed by atoms with van der Waals surface area (Å²) >= 11 is 11.5. The first kappa shape index (κ1) is 14.5. The summed E-state index contributed by atoms with van der Waals surface area (Å²) in [5.41, 5.74) is -0.293. The number of carbonyl (C=O) groups is 1. The second-order valence-electron chi connectivity index (χ2n) is 4.24. The van der Waals surface area contributed by atoms with Crippen LogP contribution in [0.2, 0.25) is 10.3 Å². The molecule has 2 heterocycles. The number of hydrogen-bond donors (Lipinski definition) is 1. The Morgan fingerprint density at radius 3 is 3.00 bits per heavy atom. The van der Waals surface area contributed by atoms with Crippen molar-refractivity contribution >= 4 is 29.1 Å². The first-order chi connectivity index (χ1) is 9.06. The van der Waals surface area contributed by atoms with Gasteiger partial charge in [0.05, 0.1) is 12.2 Å². The maximum Gasteiger partial charge on any atom is 0.254 e. The fourth-order valence-corrected chi connectivity index (χ4v) is 2.14. The molecule has 1 fully saturated rings. The van der Waals surface area contributed by atoms with Gasteiger partial charge in [-0.15, -0.1) is 10.2 Å². The average molecular weight is 306 g/mol. The van der Waals surface area contributed by atoms with Gasteiger partial charge in [0, 0.05) is 26.7 Å². The molecule has 6 nitrogen and oxygen atoms in total. The van der Waals surface area contributed by atoms with Gasteiger partial charge >= 0.3 is 0 Å². The number of carbonyl (C=O) groups excluding carboxylic acids is 1. The number of methoxy groups -OCH3 is 1. The molecule has 104 valence electrons. The molecule has 1 aliphatic rings. The van der Waals surface area contributed by atoms with Gasteiger partial charge in [0.15, 0.2) is 10.3 Å². The molecule has 0 radical (unpaired) electrons. The minimum Gasteiger partial charge on any atom is -0.378 e. The van der Waals surface area contributed by atoms with Gasteiger partial charge in [0.2, 0.25) is 0 Å². The van der Waals surface area contributed by atoms with Gasteiger partial charge in [0.1, 0.15) is 5.60 Å². The SMILES string of the molecule is COC1(CNC(=O)c2cc(Cl)nnc2Cl)CCOC1. The van der Waals surface area contributed by atoms with Crippen molar-refractivity contribution in [2.75, 3.05) is 26.9 Å². The molecular formula is C11H13Cl2N3O3. The van der Waals surface area contributed by atoms with Crippen molar-refractivity contribution in [1.29, 1.82) is 0 Å². The first-order valence-electron chi connectivity index (χ1n) is 5.66. The Bertz CT molecular complexity index is 478. The number of halogens is 2. The highest BCUT2D eigenvalue weighted by Gasteiger charge is 2.35. The zero-order chi connectivity index (χ0) is 13.9. The van der Waals surface area contributed by atoms with Crippen molar-refractivity contribution in [2.24, 2.45) is 0 Å². The van der Waals surface area contributed by atoms with Crippen LogP contribution in [0.15, 0.2) is 6.07 Å². The van der Waals surface area contributed by atoms with Crippen LogP contribution < -0.4 is 5.32 Å². The Morgan fingerprint density at radius 2 is 2.37 bits per heavy atom. The zero-order valence-corrected chi connectivity index (χ0v) is 11.8. The molecule has 1 saturated heterocycles. The molecule has 0 bridgehead atoms. The van der Waals surface area contributed by atoms with Gasteiger partial charge in [-0.3, -0.25) is 4.79 Å². The van der Waals surface area contributed by atoms with Crippen molar-refractivity contribution in [3.05, 3.63) is 21.9 Å². The van der Waals surface area contributed by atoms with E-state index in [1.54, 1.807) is 7.11 Å². The molecule has 0 aromatic carbocycles. The maximum absolute atomic E-state index is 12.0.